The molecule has 2 aliphatic heterocycles. The van der Waals surface area contributed by atoms with E-state index in [2.05, 4.69) is 25.1 Å². The quantitative estimate of drug-likeness (QED) is 0.0636. The van der Waals surface area contributed by atoms with Crippen LogP contribution in [0.1, 0.15) is 46.7 Å². The molecule has 2 saturated heterocycles. The van der Waals surface area contributed by atoms with Crippen LogP contribution in [0.3, 0.4) is 0 Å². The third-order valence-corrected chi connectivity index (χ3v) is 11.6. The minimum absolute atomic E-state index is 0.0415. The fraction of sp³-hybridized carbons (Fsp3) is 0.312. The molecule has 0 saturated carbocycles. The predicted molar refractivity (Wildman–Crippen MR) is 259 cm³/mol. The molecule has 13 nitrogen and oxygen atoms in total. The van der Waals surface area contributed by atoms with Gasteiger partial charge in [0, 0.05) is 77.8 Å². The molecule has 0 aliphatic carbocycles. The topological polar surface area (TPSA) is 180 Å². The van der Waals surface area contributed by atoms with Gasteiger partial charge >= 0.3 is 18.1 Å². The molecule has 374 valence electrons. The van der Waals surface area contributed by atoms with Crippen LogP contribution in [0.25, 0.3) is 21.8 Å². The van der Waals surface area contributed by atoms with Gasteiger partial charge in [0.1, 0.15) is 34.5 Å². The lowest BCUT2D eigenvalue weighted by Gasteiger charge is -2.17. The molecule has 0 bridgehead atoms. The Labute approximate surface area is 419 Å². The lowest BCUT2D eigenvalue weighted by molar-refractivity contribution is -0.192. The second kappa shape index (κ2) is 26.6. The number of likely N-dealkylation sites (tertiary alicyclic amines) is 2. The number of carbonyl (C=O) groups excluding carboxylic acids is 1. The first-order chi connectivity index (χ1) is 33.2. The van der Waals surface area contributed by atoms with Crippen LogP contribution in [0.2, 0.25) is 20.1 Å². The molecule has 0 radical (unpaired) electrons. The third kappa shape index (κ3) is 18.0. The van der Waals surface area contributed by atoms with Gasteiger partial charge in [0.05, 0.1) is 34.3 Å². The highest BCUT2D eigenvalue weighted by molar-refractivity contribution is 6.32. The highest BCUT2D eigenvalue weighted by atomic mass is 35.5. The molecule has 70 heavy (non-hydrogen) atoms. The molecule has 5 N–H and O–H groups in total. The highest BCUT2D eigenvalue weighted by Gasteiger charge is 2.38. The van der Waals surface area contributed by atoms with E-state index in [9.17, 15) is 31.5 Å². The number of benzene rings is 4. The minimum Gasteiger partial charge on any atom is -0.493 e. The minimum atomic E-state index is -5.08. The average molecular weight is 1060 g/mol. The Bertz CT molecular complexity index is 2740. The van der Waals surface area contributed by atoms with E-state index in [1.54, 1.807) is 48.5 Å². The lowest BCUT2D eigenvalue weighted by Crippen LogP contribution is -2.37. The van der Waals surface area contributed by atoms with Crippen LogP contribution in [0.4, 0.5) is 22.0 Å². The summed E-state index contributed by atoms with van der Waals surface area (Å²) in [5, 5.41) is 22.1. The van der Waals surface area contributed by atoms with Crippen molar-refractivity contribution in [3.8, 4) is 11.5 Å². The third-order valence-electron chi connectivity index (χ3n) is 10.5. The van der Waals surface area contributed by atoms with Crippen molar-refractivity contribution in [3.05, 3.63) is 140 Å². The molecule has 1 amide bonds. The number of hydrogen-bond acceptors (Lipinski definition) is 10. The van der Waals surface area contributed by atoms with Gasteiger partial charge in [-0.15, -0.1) is 0 Å². The summed E-state index contributed by atoms with van der Waals surface area (Å²) in [6.45, 7) is 6.61. The first-order valence-corrected chi connectivity index (χ1v) is 23.1. The zero-order valence-electron chi connectivity index (χ0n) is 37.1. The van der Waals surface area contributed by atoms with Crippen LogP contribution in [-0.2, 0) is 4.79 Å². The number of aromatic nitrogens is 2. The molecular formula is C48H47Cl4F5N6O7. The van der Waals surface area contributed by atoms with E-state index in [1.807, 2.05) is 18.2 Å². The average Bonchev–Trinajstić information content (AvgIpc) is 3.96. The van der Waals surface area contributed by atoms with Crippen LogP contribution < -0.4 is 20.5 Å². The van der Waals surface area contributed by atoms with Crippen LogP contribution >= 0.6 is 46.4 Å². The van der Waals surface area contributed by atoms with Crippen LogP contribution in [0.15, 0.2) is 97.1 Å². The molecule has 2 atom stereocenters. The smallest absolute Gasteiger partial charge is 0.490 e. The molecule has 22 heteroatoms. The molecule has 4 aromatic carbocycles. The Kier molecular flexibility index (Phi) is 21.0. The summed E-state index contributed by atoms with van der Waals surface area (Å²) in [5.74, 6) is -3.89. The van der Waals surface area contributed by atoms with Crippen molar-refractivity contribution in [1.29, 1.82) is 0 Å². The fourth-order valence-electron chi connectivity index (χ4n) is 7.01. The van der Waals surface area contributed by atoms with Gasteiger partial charge in [0.25, 0.3) is 5.91 Å². The number of carboxylic acid groups (broad SMARTS) is 2. The van der Waals surface area contributed by atoms with Crippen LogP contribution in [-0.4, -0.2) is 119 Å². The van der Waals surface area contributed by atoms with E-state index in [0.29, 0.717) is 52.0 Å². The van der Waals surface area contributed by atoms with Gasteiger partial charge in [-0.25, -0.2) is 28.3 Å². The Morgan fingerprint density at radius 3 is 1.60 bits per heavy atom. The Hall–Kier alpha value is -5.60. The first-order valence-electron chi connectivity index (χ1n) is 21.6. The van der Waals surface area contributed by atoms with Crippen molar-refractivity contribution < 1.29 is 56.0 Å². The zero-order valence-corrected chi connectivity index (χ0v) is 40.1. The van der Waals surface area contributed by atoms with E-state index in [-0.39, 0.29) is 27.7 Å². The van der Waals surface area contributed by atoms with Gasteiger partial charge in [0.15, 0.2) is 0 Å². The number of amides is 1. The summed E-state index contributed by atoms with van der Waals surface area (Å²) >= 11 is 23.0. The monoisotopic (exact) mass is 1050 g/mol. The van der Waals surface area contributed by atoms with Gasteiger partial charge < -0.3 is 40.5 Å². The number of nitrogens with zero attached hydrogens (tertiary/aromatic N) is 4. The molecule has 2 unspecified atom stereocenters. The predicted octanol–water partition coefficient (Wildman–Crippen LogP) is 10.5. The zero-order chi connectivity index (χ0) is 51.0. The van der Waals surface area contributed by atoms with E-state index in [1.165, 1.54) is 30.3 Å². The first kappa shape index (κ1) is 55.3. The van der Waals surface area contributed by atoms with Gasteiger partial charge in [-0.05, 0) is 105 Å². The van der Waals surface area contributed by atoms with E-state index in [4.69, 9.17) is 76.6 Å². The highest BCUT2D eigenvalue weighted by Crippen LogP contribution is 2.23. The largest absolute Gasteiger partial charge is 0.493 e. The molecular weight excluding hydrogens is 1010 g/mol. The SMILES string of the molecule is NC1CCN(CCCOc2ccc(Cl)c(F)c2)C1.O=C(NC1CCN(CCCOc2ccc(Cl)c(F)c2)C1)c1ccc2cc(Cl)ccc2n1.O=C(O)C(F)(F)F.O=C(O)c1ccc2cc(Cl)ccc2n1. The number of nitrogens with one attached hydrogen (secondary N) is 1. The number of fused-ring (bicyclic) bond motifs is 2. The van der Waals surface area contributed by atoms with Crippen LogP contribution in [0, 0.1) is 11.6 Å². The summed E-state index contributed by atoms with van der Waals surface area (Å²) in [6.07, 6.45) is -1.40. The number of halogens is 9. The van der Waals surface area contributed by atoms with Crippen molar-refractivity contribution in [2.24, 2.45) is 5.73 Å². The van der Waals surface area contributed by atoms with Crippen molar-refractivity contribution in [2.75, 3.05) is 52.5 Å². The van der Waals surface area contributed by atoms with E-state index >= 15 is 0 Å². The fourth-order valence-corrected chi connectivity index (χ4v) is 7.60. The van der Waals surface area contributed by atoms with E-state index in [0.717, 1.165) is 81.2 Å². The van der Waals surface area contributed by atoms with Gasteiger partial charge in [-0.2, -0.15) is 13.2 Å². The van der Waals surface area contributed by atoms with E-state index < -0.39 is 29.7 Å². The van der Waals surface area contributed by atoms with Crippen molar-refractivity contribution >= 4 is 86.1 Å². The number of aliphatic carboxylic acids is 1. The molecule has 4 heterocycles. The summed E-state index contributed by atoms with van der Waals surface area (Å²) in [7, 11) is 0. The van der Waals surface area contributed by atoms with Crippen molar-refractivity contribution in [1.82, 2.24) is 25.1 Å². The molecule has 2 fully saturated rings. The number of carbonyl (C=O) groups is 3. The number of hydrogen-bond donors (Lipinski definition) is 4. The Morgan fingerprint density at radius 2 is 1.14 bits per heavy atom. The summed E-state index contributed by atoms with van der Waals surface area (Å²) in [5.41, 5.74) is 7.64. The molecule has 0 spiro atoms. The standard InChI is InChI=1S/C23H22Cl2FN3O2.C13H18ClFN2O.C10H6ClNO2.C2HF3O2/c24-16-3-7-21-15(12-16)2-6-22(28-21)23(30)27-17-8-10-29(14-17)9-1-11-31-18-4-5-19(25)20(26)13-18;14-12-3-2-11(8-13(12)15)18-7-1-5-17-6-4-10(16)9-17;11-7-2-4-8-6(5-7)1-3-9(12-8)10(13)14;3-2(4,5)1(6)7/h2-7,12-13,17H,1,8-11,14H2,(H,27,30);2-3,8,10H,1,4-7,9,16H2;1-5H,(H,13,14);(H,6,7). The second-order valence-electron chi connectivity index (χ2n) is 15.8. The lowest BCUT2D eigenvalue weighted by atomic mass is 10.2. The van der Waals surface area contributed by atoms with Crippen molar-refractivity contribution in [3.63, 3.8) is 0 Å². The number of aromatic carboxylic acids is 1. The maximum Gasteiger partial charge on any atom is 0.490 e. The van der Waals surface area contributed by atoms with Crippen LogP contribution in [0.5, 0.6) is 11.5 Å². The number of rotatable bonds is 13. The van der Waals surface area contributed by atoms with Gasteiger partial charge in [0.2, 0.25) is 0 Å². The van der Waals surface area contributed by atoms with Crippen molar-refractivity contribution in [2.45, 2.75) is 43.9 Å². The Balaban J connectivity index is 0.000000197. The van der Waals surface area contributed by atoms with Gasteiger partial charge in [-0.1, -0.05) is 58.5 Å². The molecule has 6 aromatic rings. The van der Waals surface area contributed by atoms with Gasteiger partial charge in [-0.3, -0.25) is 4.79 Å². The number of alkyl halides is 3. The molecule has 2 aromatic heterocycles. The number of pyridine rings is 2. The number of nitrogens with two attached hydrogens (primary N) is 1. The Morgan fingerprint density at radius 1 is 0.671 bits per heavy atom. The normalized spacial score (nSPS) is 15.7. The summed E-state index contributed by atoms with van der Waals surface area (Å²) in [4.78, 5) is 45.1. The maximum absolute atomic E-state index is 13.4. The summed E-state index contributed by atoms with van der Waals surface area (Å²) in [6, 6.07) is 26.6. The molecule has 8 rings (SSSR count). The number of ether oxygens (including phenoxy) is 2. The number of carboxylic acids is 2. The maximum atomic E-state index is 13.4. The molecule has 2 aliphatic rings. The summed E-state index contributed by atoms with van der Waals surface area (Å²) < 4.78 is 69.4. The second-order valence-corrected chi connectivity index (χ2v) is 17.5.